The average Bonchev–Trinajstić information content (AvgIpc) is 2.10. The summed E-state index contributed by atoms with van der Waals surface area (Å²) in [6, 6.07) is 1.72. The molecule has 0 radical (unpaired) electrons. The SMILES string of the molecule is O=C(CCl)Nc1c(F)cc(F)cc1Br. The van der Waals surface area contributed by atoms with E-state index in [4.69, 9.17) is 11.6 Å². The third kappa shape index (κ3) is 2.65. The van der Waals surface area contributed by atoms with Crippen LogP contribution in [0.5, 0.6) is 0 Å². The summed E-state index contributed by atoms with van der Waals surface area (Å²) < 4.78 is 25.8. The van der Waals surface area contributed by atoms with Crippen LogP contribution in [-0.4, -0.2) is 11.8 Å². The number of anilines is 1. The van der Waals surface area contributed by atoms with Gasteiger partial charge in [-0.3, -0.25) is 4.79 Å². The minimum Gasteiger partial charge on any atom is -0.322 e. The van der Waals surface area contributed by atoms with E-state index < -0.39 is 17.5 Å². The fraction of sp³-hybridized carbons (Fsp3) is 0.125. The molecule has 1 aromatic carbocycles. The summed E-state index contributed by atoms with van der Waals surface area (Å²) in [4.78, 5) is 10.8. The first-order valence-corrected chi connectivity index (χ1v) is 4.87. The molecular formula is C8H5BrClF2NO. The van der Waals surface area contributed by atoms with Gasteiger partial charge in [0.15, 0.2) is 5.82 Å². The monoisotopic (exact) mass is 283 g/mol. The Morgan fingerprint density at radius 3 is 2.64 bits per heavy atom. The molecule has 1 N–H and O–H groups in total. The van der Waals surface area contributed by atoms with E-state index in [9.17, 15) is 13.6 Å². The Morgan fingerprint density at radius 1 is 1.50 bits per heavy atom. The second kappa shape index (κ2) is 4.70. The van der Waals surface area contributed by atoms with Crippen molar-refractivity contribution in [1.29, 1.82) is 0 Å². The smallest absolute Gasteiger partial charge is 0.239 e. The van der Waals surface area contributed by atoms with Gasteiger partial charge in [0.05, 0.1) is 5.69 Å². The number of carbonyl (C=O) groups is 1. The van der Waals surface area contributed by atoms with Crippen molar-refractivity contribution in [3.05, 3.63) is 28.2 Å². The van der Waals surface area contributed by atoms with Crippen LogP contribution in [0.3, 0.4) is 0 Å². The Bertz CT molecular complexity index is 349. The molecule has 0 aliphatic carbocycles. The minimum absolute atomic E-state index is 0.114. The molecule has 1 aromatic rings. The Balaban J connectivity index is 3.02. The van der Waals surface area contributed by atoms with E-state index in [1.165, 1.54) is 0 Å². The van der Waals surface area contributed by atoms with E-state index >= 15 is 0 Å². The van der Waals surface area contributed by atoms with Gasteiger partial charge in [-0.1, -0.05) is 0 Å². The number of nitrogens with one attached hydrogen (secondary N) is 1. The third-order valence-corrected chi connectivity index (χ3v) is 2.26. The van der Waals surface area contributed by atoms with E-state index in [1.54, 1.807) is 0 Å². The van der Waals surface area contributed by atoms with Crippen LogP contribution in [0.2, 0.25) is 0 Å². The van der Waals surface area contributed by atoms with Crippen molar-refractivity contribution in [2.24, 2.45) is 0 Å². The van der Waals surface area contributed by atoms with Gasteiger partial charge in [-0.2, -0.15) is 0 Å². The zero-order valence-electron chi connectivity index (χ0n) is 6.78. The van der Waals surface area contributed by atoms with Crippen molar-refractivity contribution in [2.75, 3.05) is 11.2 Å². The predicted octanol–water partition coefficient (Wildman–Crippen LogP) is 2.90. The molecule has 0 aliphatic rings. The molecule has 0 heterocycles. The Kier molecular flexibility index (Phi) is 3.83. The highest BCUT2D eigenvalue weighted by Gasteiger charge is 2.11. The number of alkyl halides is 1. The Hall–Kier alpha value is -0.680. The second-order valence-corrected chi connectivity index (χ2v) is 3.55. The summed E-state index contributed by atoms with van der Waals surface area (Å²) in [7, 11) is 0. The average molecular weight is 284 g/mol. The molecule has 0 aromatic heterocycles. The lowest BCUT2D eigenvalue weighted by Crippen LogP contribution is -2.14. The molecule has 0 saturated heterocycles. The van der Waals surface area contributed by atoms with E-state index in [2.05, 4.69) is 21.2 Å². The standard InChI is InChI=1S/C8H5BrClF2NO/c9-5-1-4(11)2-6(12)8(5)13-7(14)3-10/h1-2H,3H2,(H,13,14). The Labute approximate surface area is 92.4 Å². The molecule has 0 unspecified atom stereocenters. The van der Waals surface area contributed by atoms with Gasteiger partial charge in [0.2, 0.25) is 5.91 Å². The molecule has 0 spiro atoms. The van der Waals surface area contributed by atoms with E-state index in [-0.39, 0.29) is 16.0 Å². The van der Waals surface area contributed by atoms with Crippen LogP contribution >= 0.6 is 27.5 Å². The minimum atomic E-state index is -0.852. The first-order chi connectivity index (χ1) is 6.54. The number of amides is 1. The zero-order chi connectivity index (χ0) is 10.7. The van der Waals surface area contributed by atoms with Gasteiger partial charge in [0, 0.05) is 10.5 Å². The highest BCUT2D eigenvalue weighted by molar-refractivity contribution is 9.10. The molecule has 1 rings (SSSR count). The molecular weight excluding hydrogens is 279 g/mol. The first-order valence-electron chi connectivity index (χ1n) is 3.55. The second-order valence-electron chi connectivity index (χ2n) is 2.43. The van der Waals surface area contributed by atoms with Crippen LogP contribution in [0, 0.1) is 11.6 Å². The number of rotatable bonds is 2. The summed E-state index contributed by atoms with van der Waals surface area (Å²) in [6.45, 7) is 0. The van der Waals surface area contributed by atoms with Crippen LogP contribution < -0.4 is 5.32 Å². The maximum Gasteiger partial charge on any atom is 0.239 e. The van der Waals surface area contributed by atoms with Crippen molar-refractivity contribution < 1.29 is 13.6 Å². The topological polar surface area (TPSA) is 29.1 Å². The number of benzene rings is 1. The molecule has 0 fully saturated rings. The van der Waals surface area contributed by atoms with Crippen LogP contribution in [0.25, 0.3) is 0 Å². The fourth-order valence-electron chi connectivity index (χ4n) is 0.834. The van der Waals surface area contributed by atoms with Crippen molar-refractivity contribution in [3.63, 3.8) is 0 Å². The van der Waals surface area contributed by atoms with Gasteiger partial charge in [0.1, 0.15) is 11.7 Å². The van der Waals surface area contributed by atoms with E-state index in [0.29, 0.717) is 6.07 Å². The lowest BCUT2D eigenvalue weighted by atomic mass is 10.3. The summed E-state index contributed by atoms with van der Waals surface area (Å²) in [5, 5.41) is 2.20. The van der Waals surface area contributed by atoms with Crippen LogP contribution in [-0.2, 0) is 4.79 Å². The summed E-state index contributed by atoms with van der Waals surface area (Å²) in [5.74, 6) is -2.42. The maximum absolute atomic E-state index is 13.1. The van der Waals surface area contributed by atoms with Crippen molar-refractivity contribution >= 4 is 39.1 Å². The summed E-state index contributed by atoms with van der Waals surface area (Å²) in [5.41, 5.74) is -0.114. The molecule has 1 amide bonds. The van der Waals surface area contributed by atoms with Crippen molar-refractivity contribution in [2.45, 2.75) is 0 Å². The summed E-state index contributed by atoms with van der Waals surface area (Å²) >= 11 is 8.13. The highest BCUT2D eigenvalue weighted by atomic mass is 79.9. The molecule has 0 atom stereocenters. The van der Waals surface area contributed by atoms with Crippen molar-refractivity contribution in [1.82, 2.24) is 0 Å². The number of halogens is 4. The molecule has 0 aliphatic heterocycles. The summed E-state index contributed by atoms with van der Waals surface area (Å²) in [6.07, 6.45) is 0. The largest absolute Gasteiger partial charge is 0.322 e. The Morgan fingerprint density at radius 2 is 2.14 bits per heavy atom. The third-order valence-electron chi connectivity index (χ3n) is 1.39. The van der Waals surface area contributed by atoms with Gasteiger partial charge in [-0.15, -0.1) is 11.6 Å². The highest BCUT2D eigenvalue weighted by Crippen LogP contribution is 2.26. The van der Waals surface area contributed by atoms with Gasteiger partial charge in [-0.25, -0.2) is 8.78 Å². The lowest BCUT2D eigenvalue weighted by Gasteiger charge is -2.06. The lowest BCUT2D eigenvalue weighted by molar-refractivity contribution is -0.113. The van der Waals surface area contributed by atoms with E-state index in [0.717, 1.165) is 6.07 Å². The van der Waals surface area contributed by atoms with Crippen LogP contribution in [0.4, 0.5) is 14.5 Å². The van der Waals surface area contributed by atoms with Gasteiger partial charge in [0.25, 0.3) is 0 Å². The van der Waals surface area contributed by atoms with E-state index in [1.807, 2.05) is 0 Å². The van der Waals surface area contributed by atoms with Gasteiger partial charge >= 0.3 is 0 Å². The van der Waals surface area contributed by atoms with Crippen LogP contribution in [0.1, 0.15) is 0 Å². The molecule has 0 bridgehead atoms. The molecule has 14 heavy (non-hydrogen) atoms. The van der Waals surface area contributed by atoms with Crippen LogP contribution in [0.15, 0.2) is 16.6 Å². The van der Waals surface area contributed by atoms with Gasteiger partial charge < -0.3 is 5.32 Å². The molecule has 2 nitrogen and oxygen atoms in total. The first kappa shape index (κ1) is 11.4. The zero-order valence-corrected chi connectivity index (χ0v) is 9.12. The number of carbonyl (C=O) groups excluding carboxylic acids is 1. The maximum atomic E-state index is 13.1. The predicted molar refractivity (Wildman–Crippen MR) is 53.4 cm³/mol. The fourth-order valence-corrected chi connectivity index (χ4v) is 1.41. The molecule has 6 heteroatoms. The molecule has 76 valence electrons. The number of hydrogen-bond donors (Lipinski definition) is 1. The van der Waals surface area contributed by atoms with Crippen molar-refractivity contribution in [3.8, 4) is 0 Å². The van der Waals surface area contributed by atoms with Gasteiger partial charge in [-0.05, 0) is 22.0 Å². The normalized spacial score (nSPS) is 10.0. The number of hydrogen-bond acceptors (Lipinski definition) is 1. The quantitative estimate of drug-likeness (QED) is 0.831. The molecule has 0 saturated carbocycles.